The normalized spacial score (nSPS) is 13.9. The number of hydrogen-bond acceptors (Lipinski definition) is 4. The number of sulfonamides is 1. The van der Waals surface area contributed by atoms with Crippen molar-refractivity contribution in [3.8, 4) is 11.1 Å². The van der Waals surface area contributed by atoms with Gasteiger partial charge < -0.3 is 10.1 Å². The Labute approximate surface area is 165 Å². The summed E-state index contributed by atoms with van der Waals surface area (Å²) >= 11 is 0. The Hall–Kier alpha value is -2.43. The van der Waals surface area contributed by atoms with E-state index in [0.717, 1.165) is 6.07 Å². The number of H-pyrrole nitrogens is 1. The van der Waals surface area contributed by atoms with Crippen LogP contribution in [0.3, 0.4) is 0 Å². The predicted octanol–water partition coefficient (Wildman–Crippen LogP) is 3.54. The van der Waals surface area contributed by atoms with Gasteiger partial charge in [-0.05, 0) is 41.3 Å². The third kappa shape index (κ3) is 4.44. The van der Waals surface area contributed by atoms with Crippen LogP contribution < -0.4 is 4.72 Å². The molecule has 3 rings (SSSR count). The zero-order valence-electron chi connectivity index (χ0n) is 15.7. The number of aromatic nitrogens is 2. The highest BCUT2D eigenvalue weighted by atomic mass is 32.2. The lowest BCUT2D eigenvalue weighted by molar-refractivity contribution is -0.140. The maximum absolute atomic E-state index is 13.0. The van der Waals surface area contributed by atoms with Crippen molar-refractivity contribution in [2.24, 2.45) is 5.92 Å². The van der Waals surface area contributed by atoms with Crippen LogP contribution in [0.1, 0.15) is 19.5 Å². The van der Waals surface area contributed by atoms with Gasteiger partial charge >= 0.3 is 6.18 Å². The second kappa shape index (κ2) is 7.77. The van der Waals surface area contributed by atoms with Gasteiger partial charge in [0.15, 0.2) is 0 Å². The van der Waals surface area contributed by atoms with Crippen molar-refractivity contribution in [2.75, 3.05) is 6.61 Å². The maximum Gasteiger partial charge on any atom is 0.431 e. The molecule has 0 aliphatic carbocycles. The molecule has 0 bridgehead atoms. The van der Waals surface area contributed by atoms with Crippen LogP contribution in [0.4, 0.5) is 13.2 Å². The molecule has 1 unspecified atom stereocenters. The van der Waals surface area contributed by atoms with E-state index in [-0.39, 0.29) is 28.5 Å². The third-order valence-corrected chi connectivity index (χ3v) is 6.13. The number of nitrogens with zero attached hydrogens (tertiary/aromatic N) is 1. The number of benzene rings is 1. The second-order valence-electron chi connectivity index (χ2n) is 6.98. The molecule has 0 aliphatic rings. The van der Waals surface area contributed by atoms with E-state index < -0.39 is 27.9 Å². The summed E-state index contributed by atoms with van der Waals surface area (Å²) in [6, 6.07) is 7.71. The number of aliphatic hydroxyl groups is 1. The number of aliphatic hydroxyl groups excluding tert-OH is 1. The van der Waals surface area contributed by atoms with Gasteiger partial charge in [0.2, 0.25) is 10.0 Å². The van der Waals surface area contributed by atoms with Crippen LogP contribution in [-0.4, -0.2) is 36.1 Å². The summed E-state index contributed by atoms with van der Waals surface area (Å²) in [5.41, 5.74) is 0.233. The molecule has 0 aliphatic heterocycles. The van der Waals surface area contributed by atoms with E-state index in [1.165, 1.54) is 30.5 Å². The van der Waals surface area contributed by atoms with Crippen molar-refractivity contribution < 1.29 is 26.7 Å². The fourth-order valence-electron chi connectivity index (χ4n) is 2.90. The number of aromatic amines is 1. The van der Waals surface area contributed by atoms with Gasteiger partial charge in [-0.25, -0.2) is 18.1 Å². The number of rotatable bonds is 6. The number of alkyl halides is 3. The highest BCUT2D eigenvalue weighted by molar-refractivity contribution is 7.89. The average Bonchev–Trinajstić information content (AvgIpc) is 3.11. The molecule has 0 saturated carbocycles. The number of halogens is 3. The first-order valence-electron chi connectivity index (χ1n) is 8.81. The van der Waals surface area contributed by atoms with E-state index >= 15 is 0 Å². The highest BCUT2D eigenvalue weighted by Crippen LogP contribution is 2.34. The van der Waals surface area contributed by atoms with Crippen LogP contribution in [0.15, 0.2) is 47.5 Å². The summed E-state index contributed by atoms with van der Waals surface area (Å²) in [6.07, 6.45) is -3.14. The van der Waals surface area contributed by atoms with Crippen LogP contribution in [0.5, 0.6) is 0 Å². The molecule has 1 aromatic carbocycles. The van der Waals surface area contributed by atoms with Crippen molar-refractivity contribution in [1.29, 1.82) is 0 Å². The van der Waals surface area contributed by atoms with E-state index in [4.69, 9.17) is 0 Å². The number of fused-ring (bicyclic) bond motifs is 1. The maximum atomic E-state index is 13.0. The first kappa shape index (κ1) is 21.3. The molecular formula is C19H20F3N3O3S. The summed E-state index contributed by atoms with van der Waals surface area (Å²) in [5.74, 6) is -0.101. The molecule has 0 saturated heterocycles. The monoisotopic (exact) mass is 427 g/mol. The van der Waals surface area contributed by atoms with Crippen LogP contribution in [0, 0.1) is 5.92 Å². The Morgan fingerprint density at radius 2 is 1.83 bits per heavy atom. The summed E-state index contributed by atoms with van der Waals surface area (Å²) < 4.78 is 66.4. The molecular weight excluding hydrogens is 407 g/mol. The lowest BCUT2D eigenvalue weighted by Gasteiger charge is -2.19. The van der Waals surface area contributed by atoms with Gasteiger partial charge in [0.25, 0.3) is 0 Å². The number of hydrogen-bond donors (Lipinski definition) is 3. The van der Waals surface area contributed by atoms with Gasteiger partial charge in [-0.15, -0.1) is 0 Å². The highest BCUT2D eigenvalue weighted by Gasteiger charge is 2.33. The van der Waals surface area contributed by atoms with Crippen LogP contribution in [0.2, 0.25) is 0 Å². The fourth-order valence-corrected chi connectivity index (χ4v) is 4.27. The minimum atomic E-state index is -4.53. The fraction of sp³-hybridized carbons (Fsp3) is 0.316. The molecule has 0 amide bonds. The minimum absolute atomic E-state index is 0.00398. The molecule has 3 N–H and O–H groups in total. The predicted molar refractivity (Wildman–Crippen MR) is 103 cm³/mol. The van der Waals surface area contributed by atoms with E-state index in [2.05, 4.69) is 14.7 Å². The summed E-state index contributed by atoms with van der Waals surface area (Å²) in [7, 11) is -3.85. The molecule has 6 nitrogen and oxygen atoms in total. The summed E-state index contributed by atoms with van der Waals surface area (Å²) in [5, 5.41) is 9.63. The van der Waals surface area contributed by atoms with E-state index in [1.807, 2.05) is 0 Å². The largest absolute Gasteiger partial charge is 0.431 e. The van der Waals surface area contributed by atoms with Gasteiger partial charge in [-0.1, -0.05) is 26.0 Å². The molecule has 29 heavy (non-hydrogen) atoms. The van der Waals surface area contributed by atoms with E-state index in [1.54, 1.807) is 19.9 Å². The van der Waals surface area contributed by atoms with Crippen molar-refractivity contribution in [1.82, 2.24) is 14.7 Å². The summed E-state index contributed by atoms with van der Waals surface area (Å²) in [4.78, 5) is 6.18. The molecule has 10 heteroatoms. The van der Waals surface area contributed by atoms with Crippen molar-refractivity contribution in [2.45, 2.75) is 31.0 Å². The Morgan fingerprint density at radius 3 is 2.38 bits per heavy atom. The quantitative estimate of drug-likeness (QED) is 0.561. The number of nitrogens with one attached hydrogen (secondary N) is 2. The zero-order valence-corrected chi connectivity index (χ0v) is 16.5. The molecule has 0 fully saturated rings. The molecule has 0 radical (unpaired) electrons. The van der Waals surface area contributed by atoms with Gasteiger partial charge in [0, 0.05) is 17.6 Å². The third-order valence-electron chi connectivity index (χ3n) is 4.62. The van der Waals surface area contributed by atoms with Crippen molar-refractivity contribution >= 4 is 21.1 Å². The average molecular weight is 427 g/mol. The van der Waals surface area contributed by atoms with Gasteiger partial charge in [-0.2, -0.15) is 13.2 Å². The molecule has 2 heterocycles. The van der Waals surface area contributed by atoms with Crippen LogP contribution in [-0.2, 0) is 16.2 Å². The lowest BCUT2D eigenvalue weighted by Crippen LogP contribution is -2.41. The van der Waals surface area contributed by atoms with Crippen molar-refractivity contribution in [3.05, 3.63) is 48.3 Å². The standard InChI is InChI=1S/C19H20F3N3O3S/c1-11(2)16(10-26)25-29(27,28)13-5-3-12(4-6-13)14-7-8-23-18-15(14)9-17(24-18)19(20,21)22/h3-9,11,16,25-26H,10H2,1-2H3,(H,23,24). The second-order valence-corrected chi connectivity index (χ2v) is 8.69. The molecule has 2 aromatic heterocycles. The van der Waals surface area contributed by atoms with Crippen molar-refractivity contribution in [3.63, 3.8) is 0 Å². The van der Waals surface area contributed by atoms with E-state index in [9.17, 15) is 26.7 Å². The SMILES string of the molecule is CC(C)C(CO)NS(=O)(=O)c1ccc(-c2ccnc3[nH]c(C(F)(F)F)cc23)cc1. The minimum Gasteiger partial charge on any atom is -0.395 e. The molecule has 156 valence electrons. The lowest BCUT2D eigenvalue weighted by atomic mass is 10.0. The number of pyridine rings is 1. The van der Waals surface area contributed by atoms with Gasteiger partial charge in [0.1, 0.15) is 11.3 Å². The van der Waals surface area contributed by atoms with E-state index in [0.29, 0.717) is 11.1 Å². The first-order valence-corrected chi connectivity index (χ1v) is 10.3. The molecule has 3 aromatic rings. The van der Waals surface area contributed by atoms with Gasteiger partial charge in [0.05, 0.1) is 11.5 Å². The first-order chi connectivity index (χ1) is 13.5. The topological polar surface area (TPSA) is 95.1 Å². The van der Waals surface area contributed by atoms with Gasteiger partial charge in [-0.3, -0.25) is 0 Å². The molecule has 0 spiro atoms. The Bertz CT molecular complexity index is 1110. The Morgan fingerprint density at radius 1 is 1.17 bits per heavy atom. The van der Waals surface area contributed by atoms with Crippen LogP contribution in [0.25, 0.3) is 22.2 Å². The van der Waals surface area contributed by atoms with Crippen LogP contribution >= 0.6 is 0 Å². The smallest absolute Gasteiger partial charge is 0.395 e. The zero-order chi connectivity index (χ0) is 21.4. The Kier molecular flexibility index (Phi) is 5.70. The molecule has 1 atom stereocenters. The summed E-state index contributed by atoms with van der Waals surface area (Å²) in [6.45, 7) is 3.24. The Balaban J connectivity index is 1.96.